The van der Waals surface area contributed by atoms with Gasteiger partial charge in [-0.05, 0) is 11.5 Å². The number of methoxy groups -OCH3 is 1. The van der Waals surface area contributed by atoms with E-state index in [1.165, 1.54) is 19.2 Å². The number of hydrogen-bond donors (Lipinski definition) is 1. The van der Waals surface area contributed by atoms with E-state index in [-0.39, 0.29) is 56.6 Å². The summed E-state index contributed by atoms with van der Waals surface area (Å²) in [4.78, 5) is 54.5. The first kappa shape index (κ1) is 27.1. The van der Waals surface area contributed by atoms with Gasteiger partial charge in [0.05, 0.1) is 49.9 Å². The van der Waals surface area contributed by atoms with Gasteiger partial charge in [0.1, 0.15) is 0 Å². The van der Waals surface area contributed by atoms with Crippen LogP contribution in [0.3, 0.4) is 0 Å². The molecule has 0 bridgehead atoms. The second kappa shape index (κ2) is 13.0. The minimum atomic E-state index is -0.602. The quantitative estimate of drug-likeness (QED) is 0.127. The number of nitrogens with one attached hydrogen (secondary N) is 1. The summed E-state index contributed by atoms with van der Waals surface area (Å²) in [6, 6.07) is 7.39. The Morgan fingerprint density at radius 1 is 1.08 bits per heavy atom. The van der Waals surface area contributed by atoms with Crippen LogP contribution in [-0.2, 0) is 23.8 Å². The second-order valence-electron chi connectivity index (χ2n) is 7.99. The van der Waals surface area contributed by atoms with Gasteiger partial charge in [0, 0.05) is 36.6 Å². The molecule has 1 aliphatic heterocycles. The van der Waals surface area contributed by atoms with E-state index in [4.69, 9.17) is 19.0 Å². The van der Waals surface area contributed by atoms with Gasteiger partial charge >= 0.3 is 0 Å². The van der Waals surface area contributed by atoms with E-state index in [0.717, 1.165) is 11.3 Å². The average Bonchev–Trinajstić information content (AvgIpc) is 2.87. The van der Waals surface area contributed by atoms with Gasteiger partial charge in [0.15, 0.2) is 6.29 Å². The lowest BCUT2D eigenvalue weighted by atomic mass is 9.93. The van der Waals surface area contributed by atoms with Crippen LogP contribution in [0.25, 0.3) is 10.8 Å². The number of nitrogens with zero attached hydrogens (tertiary/aromatic N) is 2. The third-order valence-corrected chi connectivity index (χ3v) is 5.52. The number of carbonyl (C=O) groups is 3. The van der Waals surface area contributed by atoms with Crippen LogP contribution < -0.4 is 5.48 Å². The van der Waals surface area contributed by atoms with Gasteiger partial charge in [-0.25, -0.2) is 10.3 Å². The molecule has 3 rings (SSSR count). The molecule has 3 amide bonds. The third kappa shape index (κ3) is 6.61. The SMILES string of the molecule is CCCC(OC)ONC(=O)CCOCCOCCN1C(=O)c2cccc3cc([N+](=O)[O-])cc(c23)C1=O. The van der Waals surface area contributed by atoms with Crippen molar-refractivity contribution >= 4 is 34.2 Å². The minimum Gasteiger partial charge on any atom is -0.379 e. The number of rotatable bonds is 15. The molecule has 12 nitrogen and oxygen atoms in total. The van der Waals surface area contributed by atoms with E-state index in [2.05, 4.69) is 5.48 Å². The first-order valence-electron chi connectivity index (χ1n) is 11.6. The molecule has 0 saturated carbocycles. The molecule has 0 aliphatic carbocycles. The normalized spacial score (nSPS) is 13.8. The number of hydroxylamine groups is 1. The number of non-ortho nitro benzene ring substituents is 1. The molecular formula is C24H29N3O9. The lowest BCUT2D eigenvalue weighted by Gasteiger charge is -2.27. The Bertz CT molecular complexity index is 1120. The van der Waals surface area contributed by atoms with Crippen molar-refractivity contribution in [2.75, 3.05) is 40.1 Å². The fourth-order valence-corrected chi connectivity index (χ4v) is 3.74. The molecule has 0 fully saturated rings. The summed E-state index contributed by atoms with van der Waals surface area (Å²) in [5.41, 5.74) is 2.53. The van der Waals surface area contributed by atoms with E-state index < -0.39 is 23.0 Å². The monoisotopic (exact) mass is 503 g/mol. The Morgan fingerprint density at radius 2 is 1.81 bits per heavy atom. The third-order valence-electron chi connectivity index (χ3n) is 5.52. The fourth-order valence-electron chi connectivity index (χ4n) is 3.74. The number of benzene rings is 2. The highest BCUT2D eigenvalue weighted by Crippen LogP contribution is 2.33. The van der Waals surface area contributed by atoms with Crippen molar-refractivity contribution in [3.8, 4) is 0 Å². The molecule has 1 atom stereocenters. The van der Waals surface area contributed by atoms with Crippen LogP contribution in [0.4, 0.5) is 5.69 Å². The zero-order valence-corrected chi connectivity index (χ0v) is 20.2. The van der Waals surface area contributed by atoms with Crippen LogP contribution in [0.5, 0.6) is 0 Å². The number of nitro groups is 1. The molecule has 1 N–H and O–H groups in total. The Labute approximate surface area is 207 Å². The lowest BCUT2D eigenvalue weighted by molar-refractivity contribution is -0.384. The number of ether oxygens (including phenoxy) is 3. The van der Waals surface area contributed by atoms with Crippen LogP contribution >= 0.6 is 0 Å². The zero-order valence-electron chi connectivity index (χ0n) is 20.2. The van der Waals surface area contributed by atoms with E-state index in [1.54, 1.807) is 18.2 Å². The summed E-state index contributed by atoms with van der Waals surface area (Å²) >= 11 is 0. The summed E-state index contributed by atoms with van der Waals surface area (Å²) in [5.74, 6) is -1.42. The Hall–Kier alpha value is -3.45. The number of carbonyl (C=O) groups excluding carboxylic acids is 3. The molecule has 0 aromatic heterocycles. The highest BCUT2D eigenvalue weighted by atomic mass is 16.8. The van der Waals surface area contributed by atoms with Crippen molar-refractivity contribution in [1.29, 1.82) is 0 Å². The summed E-state index contributed by atoms with van der Waals surface area (Å²) < 4.78 is 15.9. The molecule has 2 aromatic carbocycles. The lowest BCUT2D eigenvalue weighted by Crippen LogP contribution is -2.42. The van der Waals surface area contributed by atoms with Gasteiger partial charge in [-0.1, -0.05) is 25.5 Å². The Morgan fingerprint density at radius 3 is 2.50 bits per heavy atom. The van der Waals surface area contributed by atoms with Crippen LogP contribution in [-0.4, -0.2) is 73.9 Å². The molecule has 1 aliphatic rings. The van der Waals surface area contributed by atoms with Gasteiger partial charge in [-0.15, -0.1) is 0 Å². The van der Waals surface area contributed by atoms with Crippen LogP contribution in [0.15, 0.2) is 30.3 Å². The van der Waals surface area contributed by atoms with Crippen LogP contribution in [0, 0.1) is 10.1 Å². The molecule has 1 heterocycles. The molecule has 0 saturated heterocycles. The standard InChI is InChI=1S/C24H29N3O9/c1-3-5-21(33-2)36-25-20(28)8-10-34-12-13-35-11-9-26-23(29)18-7-4-6-16-14-17(27(31)32)15-19(22(16)18)24(26)30/h4,6-7,14-15,21H,3,5,8-13H2,1-2H3,(H,25,28). The van der Waals surface area contributed by atoms with Gasteiger partial charge in [0.2, 0.25) is 5.91 Å². The topological polar surface area (TPSA) is 147 Å². The summed E-state index contributed by atoms with van der Waals surface area (Å²) in [7, 11) is 1.50. The van der Waals surface area contributed by atoms with Crippen molar-refractivity contribution < 1.29 is 38.4 Å². The van der Waals surface area contributed by atoms with Crippen molar-refractivity contribution in [3.63, 3.8) is 0 Å². The predicted octanol–water partition coefficient (Wildman–Crippen LogP) is 2.59. The predicted molar refractivity (Wildman–Crippen MR) is 127 cm³/mol. The summed E-state index contributed by atoms with van der Waals surface area (Å²) in [6.07, 6.45) is 1.10. The smallest absolute Gasteiger partial charge is 0.270 e. The minimum absolute atomic E-state index is 0.0195. The average molecular weight is 504 g/mol. The molecular weight excluding hydrogens is 474 g/mol. The molecule has 0 radical (unpaired) electrons. The number of amides is 3. The second-order valence-corrected chi connectivity index (χ2v) is 7.99. The molecule has 2 aromatic rings. The molecule has 12 heteroatoms. The maximum atomic E-state index is 13.0. The van der Waals surface area contributed by atoms with Gasteiger partial charge in [-0.2, -0.15) is 0 Å². The van der Waals surface area contributed by atoms with Crippen molar-refractivity contribution in [3.05, 3.63) is 51.6 Å². The largest absolute Gasteiger partial charge is 0.379 e. The molecule has 194 valence electrons. The van der Waals surface area contributed by atoms with E-state index in [0.29, 0.717) is 22.8 Å². The fraction of sp³-hybridized carbons (Fsp3) is 0.458. The maximum Gasteiger partial charge on any atom is 0.270 e. The highest BCUT2D eigenvalue weighted by molar-refractivity contribution is 6.25. The van der Waals surface area contributed by atoms with Crippen LogP contribution in [0.2, 0.25) is 0 Å². The highest BCUT2D eigenvalue weighted by Gasteiger charge is 2.34. The maximum absolute atomic E-state index is 13.0. The first-order chi connectivity index (χ1) is 17.4. The molecule has 36 heavy (non-hydrogen) atoms. The molecule has 1 unspecified atom stereocenters. The van der Waals surface area contributed by atoms with E-state index in [9.17, 15) is 24.5 Å². The van der Waals surface area contributed by atoms with Crippen LogP contribution in [0.1, 0.15) is 46.9 Å². The Balaban J connectivity index is 1.41. The first-order valence-corrected chi connectivity index (χ1v) is 11.6. The van der Waals surface area contributed by atoms with Crippen molar-refractivity contribution in [2.45, 2.75) is 32.5 Å². The Kier molecular flexibility index (Phi) is 9.82. The zero-order chi connectivity index (χ0) is 26.1. The summed E-state index contributed by atoms with van der Waals surface area (Å²) in [5, 5.41) is 12.2. The van der Waals surface area contributed by atoms with Gasteiger partial charge in [-0.3, -0.25) is 29.4 Å². The van der Waals surface area contributed by atoms with Gasteiger partial charge < -0.3 is 14.2 Å². The summed E-state index contributed by atoms with van der Waals surface area (Å²) in [6.45, 7) is 2.57. The van der Waals surface area contributed by atoms with Crippen molar-refractivity contribution in [2.24, 2.45) is 0 Å². The van der Waals surface area contributed by atoms with E-state index in [1.807, 2.05) is 6.92 Å². The number of hydrogen-bond acceptors (Lipinski definition) is 9. The number of nitro benzene ring substituents is 1. The molecule has 0 spiro atoms. The van der Waals surface area contributed by atoms with Gasteiger partial charge in [0.25, 0.3) is 17.5 Å². The van der Waals surface area contributed by atoms with E-state index >= 15 is 0 Å². The van der Waals surface area contributed by atoms with Crippen molar-refractivity contribution in [1.82, 2.24) is 10.4 Å². The number of imide groups is 1.